The molecule has 19 heavy (non-hydrogen) atoms. The van der Waals surface area contributed by atoms with Crippen LogP contribution in [0.1, 0.15) is 15.9 Å². The van der Waals surface area contributed by atoms with Gasteiger partial charge < -0.3 is 5.32 Å². The van der Waals surface area contributed by atoms with Crippen LogP contribution in [0.5, 0.6) is 0 Å². The van der Waals surface area contributed by atoms with E-state index in [0.717, 1.165) is 16.1 Å². The Morgan fingerprint density at radius 2 is 2.00 bits per heavy atom. The molecule has 2 aromatic rings. The van der Waals surface area contributed by atoms with Crippen LogP contribution in [0.4, 0.5) is 10.1 Å². The third-order valence-electron chi connectivity index (χ3n) is 2.61. The van der Waals surface area contributed by atoms with Crippen LogP contribution in [0, 0.1) is 12.7 Å². The predicted molar refractivity (Wildman–Crippen MR) is 78.2 cm³/mol. The van der Waals surface area contributed by atoms with Gasteiger partial charge in [0.25, 0.3) is 5.91 Å². The highest BCUT2D eigenvalue weighted by Crippen LogP contribution is 2.22. The normalized spacial score (nSPS) is 10.3. The van der Waals surface area contributed by atoms with Crippen molar-refractivity contribution in [3.8, 4) is 0 Å². The fraction of sp³-hybridized carbons (Fsp3) is 0.0714. The van der Waals surface area contributed by atoms with Crippen LogP contribution in [0.15, 0.2) is 40.9 Å². The van der Waals surface area contributed by atoms with Crippen LogP contribution in [0.3, 0.4) is 0 Å². The Hall–Kier alpha value is -1.39. The highest BCUT2D eigenvalue weighted by atomic mass is 79.9. The lowest BCUT2D eigenvalue weighted by Crippen LogP contribution is -2.13. The summed E-state index contributed by atoms with van der Waals surface area (Å²) in [5.41, 5.74) is 1.61. The van der Waals surface area contributed by atoms with Crippen LogP contribution < -0.4 is 5.32 Å². The molecule has 0 fully saturated rings. The minimum atomic E-state index is -0.642. The van der Waals surface area contributed by atoms with Crippen molar-refractivity contribution in [3.05, 3.63) is 62.8 Å². The maximum absolute atomic E-state index is 13.6. The second kappa shape index (κ2) is 5.72. The zero-order valence-corrected chi connectivity index (χ0v) is 12.3. The molecule has 0 atom stereocenters. The smallest absolute Gasteiger partial charge is 0.258 e. The molecule has 2 nitrogen and oxygen atoms in total. The number of halogens is 3. The van der Waals surface area contributed by atoms with Gasteiger partial charge in [0, 0.05) is 15.2 Å². The summed E-state index contributed by atoms with van der Waals surface area (Å²) >= 11 is 9.02. The van der Waals surface area contributed by atoms with Crippen molar-refractivity contribution in [1.29, 1.82) is 0 Å². The fourth-order valence-corrected chi connectivity index (χ4v) is 2.08. The third-order valence-corrected chi connectivity index (χ3v) is 3.69. The Bertz CT molecular complexity index is 645. The lowest BCUT2D eigenvalue weighted by Gasteiger charge is -2.08. The lowest BCUT2D eigenvalue weighted by molar-refractivity contribution is 0.102. The number of carbonyl (C=O) groups is 1. The second-order valence-corrected chi connectivity index (χ2v) is 5.33. The van der Waals surface area contributed by atoms with Gasteiger partial charge in [-0.15, -0.1) is 0 Å². The molecule has 0 spiro atoms. The first kappa shape index (κ1) is 14.0. The monoisotopic (exact) mass is 341 g/mol. The van der Waals surface area contributed by atoms with Crippen molar-refractivity contribution in [3.63, 3.8) is 0 Å². The Morgan fingerprint density at radius 3 is 2.63 bits per heavy atom. The Morgan fingerprint density at radius 1 is 1.26 bits per heavy atom. The molecule has 0 unspecified atom stereocenters. The number of anilines is 1. The summed E-state index contributed by atoms with van der Waals surface area (Å²) in [5, 5.41) is 2.89. The molecule has 1 N–H and O–H groups in total. The van der Waals surface area contributed by atoms with Crippen molar-refractivity contribution in [2.45, 2.75) is 6.92 Å². The van der Waals surface area contributed by atoms with E-state index in [-0.39, 0.29) is 10.6 Å². The van der Waals surface area contributed by atoms with Gasteiger partial charge in [0.05, 0.1) is 5.56 Å². The summed E-state index contributed by atoms with van der Waals surface area (Å²) in [6.07, 6.45) is 0. The first-order valence-electron chi connectivity index (χ1n) is 5.50. The van der Waals surface area contributed by atoms with Crippen LogP contribution >= 0.6 is 27.5 Å². The van der Waals surface area contributed by atoms with Gasteiger partial charge in [0.15, 0.2) is 0 Å². The molecule has 0 radical (unpaired) electrons. The molecule has 98 valence electrons. The summed E-state index contributed by atoms with van der Waals surface area (Å²) < 4.78 is 14.5. The number of benzene rings is 2. The molecule has 2 aromatic carbocycles. The number of nitrogens with one attached hydrogen (secondary N) is 1. The van der Waals surface area contributed by atoms with E-state index in [1.807, 2.05) is 13.0 Å². The van der Waals surface area contributed by atoms with Gasteiger partial charge in [0.1, 0.15) is 5.82 Å². The molecule has 5 heteroatoms. The average Bonchev–Trinajstić information content (AvgIpc) is 2.33. The van der Waals surface area contributed by atoms with Gasteiger partial charge in [-0.2, -0.15) is 0 Å². The number of carbonyl (C=O) groups excluding carboxylic acids is 1. The standard InChI is InChI=1S/C14H10BrClFNO/c1-8-2-4-10(7-12(8)15)18-14(19)11-5-3-9(16)6-13(11)17/h2-7H,1H3,(H,18,19). The van der Waals surface area contributed by atoms with E-state index >= 15 is 0 Å². The average molecular weight is 343 g/mol. The minimum Gasteiger partial charge on any atom is -0.322 e. The Labute approximate surface area is 123 Å². The zero-order chi connectivity index (χ0) is 14.0. The van der Waals surface area contributed by atoms with Crippen LogP contribution in [0.25, 0.3) is 0 Å². The first-order chi connectivity index (χ1) is 8.97. The summed E-state index contributed by atoms with van der Waals surface area (Å²) in [7, 11) is 0. The van der Waals surface area contributed by atoms with Crippen LogP contribution in [-0.4, -0.2) is 5.91 Å². The van der Waals surface area contributed by atoms with Gasteiger partial charge in [-0.25, -0.2) is 4.39 Å². The molecule has 0 heterocycles. The largest absolute Gasteiger partial charge is 0.322 e. The van der Waals surface area contributed by atoms with Crippen molar-refractivity contribution < 1.29 is 9.18 Å². The molecule has 0 aliphatic heterocycles. The summed E-state index contributed by atoms with van der Waals surface area (Å²) in [5.74, 6) is -1.15. The summed E-state index contributed by atoms with van der Waals surface area (Å²) in [4.78, 5) is 11.9. The Kier molecular flexibility index (Phi) is 4.22. The molecule has 0 bridgehead atoms. The van der Waals surface area contributed by atoms with E-state index in [1.54, 1.807) is 12.1 Å². The molecule has 0 saturated carbocycles. The van der Waals surface area contributed by atoms with Crippen molar-refractivity contribution in [2.24, 2.45) is 0 Å². The SMILES string of the molecule is Cc1ccc(NC(=O)c2ccc(Cl)cc2F)cc1Br. The van der Waals surface area contributed by atoms with Crippen LogP contribution in [0.2, 0.25) is 5.02 Å². The van der Waals surface area contributed by atoms with Gasteiger partial charge in [-0.3, -0.25) is 4.79 Å². The van der Waals surface area contributed by atoms with Crippen LogP contribution in [-0.2, 0) is 0 Å². The number of hydrogen-bond donors (Lipinski definition) is 1. The van der Waals surface area contributed by atoms with E-state index in [4.69, 9.17) is 11.6 Å². The number of rotatable bonds is 2. The minimum absolute atomic E-state index is 0.0407. The number of amides is 1. The predicted octanol–water partition coefficient (Wildman–Crippen LogP) is 4.80. The maximum Gasteiger partial charge on any atom is 0.258 e. The first-order valence-corrected chi connectivity index (χ1v) is 6.67. The number of hydrogen-bond acceptors (Lipinski definition) is 1. The second-order valence-electron chi connectivity index (χ2n) is 4.04. The molecule has 1 amide bonds. The lowest BCUT2D eigenvalue weighted by atomic mass is 10.2. The van der Waals surface area contributed by atoms with E-state index < -0.39 is 11.7 Å². The topological polar surface area (TPSA) is 29.1 Å². The highest BCUT2D eigenvalue weighted by Gasteiger charge is 2.12. The van der Waals surface area contributed by atoms with Gasteiger partial charge in [-0.1, -0.05) is 33.6 Å². The van der Waals surface area contributed by atoms with Crippen molar-refractivity contribution in [2.75, 3.05) is 5.32 Å². The van der Waals surface area contributed by atoms with Crippen molar-refractivity contribution >= 4 is 39.1 Å². The Balaban J connectivity index is 2.23. The van der Waals surface area contributed by atoms with Crippen molar-refractivity contribution in [1.82, 2.24) is 0 Å². The van der Waals surface area contributed by atoms with E-state index in [0.29, 0.717) is 5.69 Å². The highest BCUT2D eigenvalue weighted by molar-refractivity contribution is 9.10. The van der Waals surface area contributed by atoms with Gasteiger partial charge in [0.2, 0.25) is 0 Å². The van der Waals surface area contributed by atoms with Gasteiger partial charge >= 0.3 is 0 Å². The molecule has 0 aromatic heterocycles. The fourth-order valence-electron chi connectivity index (χ4n) is 1.54. The zero-order valence-electron chi connectivity index (χ0n) is 10.0. The molecule has 0 aliphatic rings. The molecule has 0 aliphatic carbocycles. The molecule has 0 saturated heterocycles. The van der Waals surface area contributed by atoms with E-state index in [2.05, 4.69) is 21.2 Å². The quantitative estimate of drug-likeness (QED) is 0.834. The molecular weight excluding hydrogens is 333 g/mol. The van der Waals surface area contributed by atoms with E-state index in [9.17, 15) is 9.18 Å². The van der Waals surface area contributed by atoms with E-state index in [1.165, 1.54) is 12.1 Å². The maximum atomic E-state index is 13.6. The summed E-state index contributed by atoms with van der Waals surface area (Å²) in [6, 6.07) is 9.33. The summed E-state index contributed by atoms with van der Waals surface area (Å²) in [6.45, 7) is 1.94. The third kappa shape index (κ3) is 3.33. The number of aryl methyl sites for hydroxylation is 1. The molecule has 2 rings (SSSR count). The molecular formula is C14H10BrClFNO. The van der Waals surface area contributed by atoms with Gasteiger partial charge in [-0.05, 0) is 42.8 Å².